The van der Waals surface area contributed by atoms with Crippen LogP contribution in [0, 0.1) is 0 Å². The van der Waals surface area contributed by atoms with Gasteiger partial charge >= 0.3 is 0 Å². The van der Waals surface area contributed by atoms with Gasteiger partial charge in [0.05, 0.1) is 14.2 Å². The summed E-state index contributed by atoms with van der Waals surface area (Å²) in [5.74, 6) is 1.41. The first kappa shape index (κ1) is 20.1. The zero-order valence-corrected chi connectivity index (χ0v) is 12.9. The Hall–Kier alpha value is -1.26. The molecule has 0 aliphatic carbocycles. The molecule has 3 N–H and O–H groups in total. The van der Waals surface area contributed by atoms with Crippen LogP contribution >= 0.6 is 0 Å². The monoisotopic (exact) mass is 271 g/mol. The lowest BCUT2D eigenvalue weighted by atomic mass is 10.1. The second-order valence-corrected chi connectivity index (χ2v) is 3.78. The second kappa shape index (κ2) is 14.8. The van der Waals surface area contributed by atoms with Gasteiger partial charge < -0.3 is 20.3 Å². The number of benzene rings is 1. The normalized spacial score (nSPS) is 8.58. The highest BCUT2D eigenvalue weighted by atomic mass is 16.5. The van der Waals surface area contributed by atoms with Crippen molar-refractivity contribution in [3.63, 3.8) is 0 Å². The first-order chi connectivity index (χ1) is 9.14. The van der Waals surface area contributed by atoms with E-state index < -0.39 is 0 Å². The predicted molar refractivity (Wildman–Crippen MR) is 81.0 cm³/mol. The maximum atomic E-state index is 8.74. The van der Waals surface area contributed by atoms with E-state index in [1.54, 1.807) is 14.2 Å². The van der Waals surface area contributed by atoms with Crippen molar-refractivity contribution in [3.05, 3.63) is 23.8 Å². The maximum absolute atomic E-state index is 8.74. The molecule has 112 valence electrons. The minimum atomic E-state index is 0.148. The first-order valence-corrected chi connectivity index (χ1v) is 6.66. The van der Waals surface area contributed by atoms with E-state index in [4.69, 9.17) is 20.3 Å². The molecule has 0 aliphatic heterocycles. The van der Waals surface area contributed by atoms with Crippen molar-refractivity contribution in [2.24, 2.45) is 5.73 Å². The summed E-state index contributed by atoms with van der Waals surface area (Å²) in [6.45, 7) is 7.05. The maximum Gasteiger partial charge on any atom is 0.160 e. The molecular formula is C15H29NO3. The predicted octanol–water partition coefficient (Wildman–Crippen LogP) is 2.62. The van der Waals surface area contributed by atoms with E-state index in [2.05, 4.69) is 13.8 Å². The lowest BCUT2D eigenvalue weighted by Crippen LogP contribution is -1.94. The molecule has 1 aromatic rings. The number of aliphatic hydroxyl groups excluding tert-OH is 1. The van der Waals surface area contributed by atoms with E-state index in [1.165, 1.54) is 6.42 Å². The molecular weight excluding hydrogens is 242 g/mol. The largest absolute Gasteiger partial charge is 0.493 e. The van der Waals surface area contributed by atoms with E-state index in [9.17, 15) is 0 Å². The first-order valence-electron chi connectivity index (χ1n) is 6.66. The highest BCUT2D eigenvalue weighted by molar-refractivity contribution is 5.42. The Morgan fingerprint density at radius 1 is 1.05 bits per heavy atom. The third-order valence-electron chi connectivity index (χ3n) is 1.85. The fraction of sp³-hybridized carbons (Fsp3) is 0.600. The molecule has 0 saturated carbocycles. The van der Waals surface area contributed by atoms with Gasteiger partial charge in [-0.15, -0.1) is 0 Å². The van der Waals surface area contributed by atoms with Gasteiger partial charge in [0.1, 0.15) is 0 Å². The lowest BCUT2D eigenvalue weighted by molar-refractivity contribution is 0.299. The van der Waals surface area contributed by atoms with E-state index in [0.29, 0.717) is 17.9 Å². The summed E-state index contributed by atoms with van der Waals surface area (Å²) < 4.78 is 10.2. The number of hydrogen-bond acceptors (Lipinski definition) is 4. The Labute approximate surface area is 117 Å². The number of rotatable bonds is 4. The van der Waals surface area contributed by atoms with Gasteiger partial charge in [0.25, 0.3) is 0 Å². The molecule has 0 fully saturated rings. The Morgan fingerprint density at radius 2 is 1.53 bits per heavy atom. The third-order valence-corrected chi connectivity index (χ3v) is 1.85. The SMILES string of the molecule is CCC.CCN.COc1ccc(CCO)cc1OC. The molecule has 0 bridgehead atoms. The van der Waals surface area contributed by atoms with Crippen LogP contribution in [0.1, 0.15) is 32.8 Å². The Balaban J connectivity index is 0. The van der Waals surface area contributed by atoms with E-state index in [1.807, 2.05) is 25.1 Å². The van der Waals surface area contributed by atoms with Gasteiger partial charge in [-0.05, 0) is 30.7 Å². The van der Waals surface area contributed by atoms with Crippen LogP contribution < -0.4 is 15.2 Å². The van der Waals surface area contributed by atoms with Gasteiger partial charge in [-0.2, -0.15) is 0 Å². The average molecular weight is 271 g/mol. The number of aliphatic hydroxyl groups is 1. The summed E-state index contributed by atoms with van der Waals surface area (Å²) in [4.78, 5) is 0. The van der Waals surface area contributed by atoms with Crippen molar-refractivity contribution in [2.75, 3.05) is 27.4 Å². The molecule has 1 aromatic carbocycles. The zero-order chi connectivity index (χ0) is 15.1. The van der Waals surface area contributed by atoms with Crippen LogP contribution in [0.4, 0.5) is 0 Å². The Bertz CT molecular complexity index is 301. The number of ether oxygens (including phenoxy) is 2. The van der Waals surface area contributed by atoms with Crippen LogP contribution in [-0.2, 0) is 6.42 Å². The summed E-state index contributed by atoms with van der Waals surface area (Å²) in [5, 5.41) is 8.74. The zero-order valence-electron chi connectivity index (χ0n) is 12.9. The van der Waals surface area contributed by atoms with Crippen molar-refractivity contribution >= 4 is 0 Å². The summed E-state index contributed by atoms with van der Waals surface area (Å²) >= 11 is 0. The minimum absolute atomic E-state index is 0.148. The topological polar surface area (TPSA) is 64.7 Å². The minimum Gasteiger partial charge on any atom is -0.493 e. The van der Waals surface area contributed by atoms with E-state index in [-0.39, 0.29) is 6.61 Å². The molecule has 4 nitrogen and oxygen atoms in total. The molecule has 0 aromatic heterocycles. The molecule has 4 heteroatoms. The van der Waals surface area contributed by atoms with Crippen LogP contribution in [0.25, 0.3) is 0 Å². The quantitative estimate of drug-likeness (QED) is 0.883. The number of methoxy groups -OCH3 is 2. The Morgan fingerprint density at radius 3 is 1.89 bits per heavy atom. The summed E-state index contributed by atoms with van der Waals surface area (Å²) in [6, 6.07) is 5.62. The van der Waals surface area contributed by atoms with Gasteiger partial charge in [-0.3, -0.25) is 0 Å². The van der Waals surface area contributed by atoms with Crippen LogP contribution in [0.5, 0.6) is 11.5 Å². The molecule has 0 spiro atoms. The molecule has 0 aliphatic rings. The molecule has 0 atom stereocenters. The molecule has 0 amide bonds. The summed E-state index contributed by atoms with van der Waals surface area (Å²) in [6.07, 6.45) is 1.89. The highest BCUT2D eigenvalue weighted by Gasteiger charge is 2.03. The fourth-order valence-electron chi connectivity index (χ4n) is 1.17. The van der Waals surface area contributed by atoms with Gasteiger partial charge in [0.15, 0.2) is 11.5 Å². The molecule has 1 rings (SSSR count). The van der Waals surface area contributed by atoms with E-state index in [0.717, 1.165) is 12.1 Å². The second-order valence-electron chi connectivity index (χ2n) is 3.78. The Kier molecular flexibility index (Phi) is 15.6. The van der Waals surface area contributed by atoms with Crippen molar-refractivity contribution < 1.29 is 14.6 Å². The molecule has 19 heavy (non-hydrogen) atoms. The third kappa shape index (κ3) is 10.4. The van der Waals surface area contributed by atoms with Gasteiger partial charge in [0, 0.05) is 6.61 Å². The average Bonchev–Trinajstić information content (AvgIpc) is 2.41. The lowest BCUT2D eigenvalue weighted by Gasteiger charge is -2.08. The van der Waals surface area contributed by atoms with Gasteiger partial charge in [-0.25, -0.2) is 0 Å². The molecule has 0 unspecified atom stereocenters. The molecule has 0 heterocycles. The summed E-state index contributed by atoms with van der Waals surface area (Å²) in [5.41, 5.74) is 5.89. The van der Waals surface area contributed by atoms with Crippen LogP contribution in [0.2, 0.25) is 0 Å². The summed E-state index contributed by atoms with van der Waals surface area (Å²) in [7, 11) is 3.20. The number of hydrogen-bond donors (Lipinski definition) is 2. The van der Waals surface area contributed by atoms with Gasteiger partial charge in [0.2, 0.25) is 0 Å². The standard InChI is InChI=1S/C10H14O3.C3H8.C2H7N/c1-12-9-4-3-8(5-6-11)7-10(9)13-2;1-3-2;1-2-3/h3-4,7,11H,5-6H2,1-2H3;3H2,1-2H3;2-3H2,1H3. The smallest absolute Gasteiger partial charge is 0.160 e. The molecule has 0 radical (unpaired) electrons. The van der Waals surface area contributed by atoms with Crippen molar-refractivity contribution in [1.82, 2.24) is 0 Å². The van der Waals surface area contributed by atoms with Crippen molar-refractivity contribution in [1.29, 1.82) is 0 Å². The van der Waals surface area contributed by atoms with Crippen molar-refractivity contribution in [3.8, 4) is 11.5 Å². The van der Waals surface area contributed by atoms with Crippen LogP contribution in [0.3, 0.4) is 0 Å². The van der Waals surface area contributed by atoms with Gasteiger partial charge in [-0.1, -0.05) is 33.3 Å². The van der Waals surface area contributed by atoms with Crippen LogP contribution in [-0.4, -0.2) is 32.5 Å². The fourth-order valence-corrected chi connectivity index (χ4v) is 1.17. The molecule has 0 saturated heterocycles. The van der Waals surface area contributed by atoms with E-state index >= 15 is 0 Å². The van der Waals surface area contributed by atoms with Crippen molar-refractivity contribution in [2.45, 2.75) is 33.6 Å². The van der Waals surface area contributed by atoms with Crippen LogP contribution in [0.15, 0.2) is 18.2 Å². The highest BCUT2D eigenvalue weighted by Crippen LogP contribution is 2.27. The number of nitrogens with two attached hydrogens (primary N) is 1.